The molecule has 0 aliphatic carbocycles. The Balaban J connectivity index is 1.75. The summed E-state index contributed by atoms with van der Waals surface area (Å²) in [7, 11) is -1.83. The summed E-state index contributed by atoms with van der Waals surface area (Å²) >= 11 is 0. The lowest BCUT2D eigenvalue weighted by Gasteiger charge is -2.16. The number of carbonyl (C=O) groups is 1. The molecule has 3 heterocycles. The molecule has 2 aromatic rings. The average Bonchev–Trinajstić information content (AvgIpc) is 3.22. The minimum atomic E-state index is -3.35. The van der Waals surface area contributed by atoms with E-state index in [0.29, 0.717) is 36.6 Å². The van der Waals surface area contributed by atoms with Crippen molar-refractivity contribution >= 4 is 15.7 Å². The molecule has 2 aromatic heterocycles. The quantitative estimate of drug-likeness (QED) is 0.876. The molecule has 1 fully saturated rings. The van der Waals surface area contributed by atoms with Gasteiger partial charge in [-0.2, -0.15) is 5.10 Å². The second kappa shape index (κ2) is 6.23. The molecule has 1 N–H and O–H groups in total. The van der Waals surface area contributed by atoms with Crippen LogP contribution in [0.4, 0.5) is 0 Å². The number of rotatable bonds is 4. The molecule has 1 atom stereocenters. The van der Waals surface area contributed by atoms with Crippen molar-refractivity contribution in [3.05, 3.63) is 35.8 Å². The highest BCUT2D eigenvalue weighted by Crippen LogP contribution is 2.30. The number of aromatic amines is 1. The number of aromatic nitrogens is 3. The van der Waals surface area contributed by atoms with E-state index in [2.05, 4.69) is 15.2 Å². The molecule has 9 heteroatoms. The second-order valence-electron chi connectivity index (χ2n) is 5.75. The number of amides is 1. The van der Waals surface area contributed by atoms with Crippen LogP contribution in [-0.2, 0) is 9.84 Å². The topological polar surface area (TPSA) is 105 Å². The van der Waals surface area contributed by atoms with Gasteiger partial charge in [0.25, 0.3) is 5.91 Å². The molecular formula is C15H18N4O4S. The van der Waals surface area contributed by atoms with Crippen LogP contribution < -0.4 is 4.74 Å². The normalized spacial score (nSPS) is 17.9. The van der Waals surface area contributed by atoms with Crippen molar-refractivity contribution in [1.29, 1.82) is 0 Å². The molecular weight excluding hydrogens is 332 g/mol. The molecule has 0 spiro atoms. The highest BCUT2D eigenvalue weighted by atomic mass is 32.2. The lowest BCUT2D eigenvalue weighted by Crippen LogP contribution is -2.28. The Morgan fingerprint density at radius 3 is 2.79 bits per heavy atom. The zero-order valence-electron chi connectivity index (χ0n) is 13.4. The number of hydrogen-bond donors (Lipinski definition) is 1. The molecule has 3 rings (SSSR count). The van der Waals surface area contributed by atoms with Crippen molar-refractivity contribution < 1.29 is 17.9 Å². The van der Waals surface area contributed by atoms with Crippen LogP contribution in [0.3, 0.4) is 0 Å². The number of sulfone groups is 1. The van der Waals surface area contributed by atoms with E-state index in [-0.39, 0.29) is 16.7 Å². The van der Waals surface area contributed by atoms with Gasteiger partial charge in [0.1, 0.15) is 4.90 Å². The summed E-state index contributed by atoms with van der Waals surface area (Å²) in [4.78, 5) is 18.5. The molecule has 1 saturated heterocycles. The Labute approximate surface area is 139 Å². The minimum absolute atomic E-state index is 0.0765. The van der Waals surface area contributed by atoms with Crippen LogP contribution in [0.5, 0.6) is 5.88 Å². The van der Waals surface area contributed by atoms with Gasteiger partial charge in [0.05, 0.1) is 24.6 Å². The molecule has 1 aliphatic heterocycles. The van der Waals surface area contributed by atoms with Crippen LogP contribution in [0, 0.1) is 0 Å². The molecule has 24 heavy (non-hydrogen) atoms. The Bertz CT molecular complexity index is 845. The number of methoxy groups -OCH3 is 1. The number of H-pyrrole nitrogens is 1. The van der Waals surface area contributed by atoms with Crippen LogP contribution in [0.1, 0.15) is 28.4 Å². The van der Waals surface area contributed by atoms with E-state index in [4.69, 9.17) is 4.74 Å². The minimum Gasteiger partial charge on any atom is -0.481 e. The number of likely N-dealkylation sites (tertiary alicyclic amines) is 1. The third kappa shape index (κ3) is 3.12. The molecule has 0 bridgehead atoms. The molecule has 0 radical (unpaired) electrons. The van der Waals surface area contributed by atoms with Crippen molar-refractivity contribution in [2.45, 2.75) is 17.2 Å². The summed E-state index contributed by atoms with van der Waals surface area (Å²) in [5.74, 6) is 0.238. The van der Waals surface area contributed by atoms with Crippen LogP contribution in [0.2, 0.25) is 0 Å². The summed E-state index contributed by atoms with van der Waals surface area (Å²) in [6, 6.07) is 3.30. The van der Waals surface area contributed by atoms with E-state index in [0.717, 1.165) is 6.26 Å². The van der Waals surface area contributed by atoms with E-state index < -0.39 is 9.84 Å². The Morgan fingerprint density at radius 1 is 1.38 bits per heavy atom. The van der Waals surface area contributed by atoms with Gasteiger partial charge in [-0.15, -0.1) is 0 Å². The van der Waals surface area contributed by atoms with Gasteiger partial charge in [0, 0.05) is 37.5 Å². The molecule has 1 amide bonds. The summed E-state index contributed by atoms with van der Waals surface area (Å²) in [6.07, 6.45) is 4.64. The fourth-order valence-corrected chi connectivity index (χ4v) is 3.72. The van der Waals surface area contributed by atoms with Crippen molar-refractivity contribution in [2.24, 2.45) is 0 Å². The lowest BCUT2D eigenvalue weighted by atomic mass is 10.1. The van der Waals surface area contributed by atoms with Crippen LogP contribution >= 0.6 is 0 Å². The highest BCUT2D eigenvalue weighted by Gasteiger charge is 2.32. The number of pyridine rings is 1. The first kappa shape index (κ1) is 16.4. The van der Waals surface area contributed by atoms with Crippen molar-refractivity contribution in [2.75, 3.05) is 26.5 Å². The SMILES string of the molecule is COc1ccc(C(=O)N2CC[C@H](c3[nH]ncc3S(C)(=O)=O)C2)cn1. The maximum Gasteiger partial charge on any atom is 0.255 e. The third-order valence-corrected chi connectivity index (χ3v) is 5.23. The Morgan fingerprint density at radius 2 is 2.17 bits per heavy atom. The van der Waals surface area contributed by atoms with Gasteiger partial charge in [0.2, 0.25) is 5.88 Å². The van der Waals surface area contributed by atoms with Crippen molar-refractivity contribution in [1.82, 2.24) is 20.1 Å². The molecule has 0 unspecified atom stereocenters. The van der Waals surface area contributed by atoms with Gasteiger partial charge >= 0.3 is 0 Å². The van der Waals surface area contributed by atoms with Crippen LogP contribution in [0.15, 0.2) is 29.4 Å². The molecule has 128 valence electrons. The van der Waals surface area contributed by atoms with Crippen LogP contribution in [-0.4, -0.2) is 60.9 Å². The monoisotopic (exact) mass is 350 g/mol. The van der Waals surface area contributed by atoms with E-state index in [9.17, 15) is 13.2 Å². The standard InChI is InChI=1S/C15H18N4O4S/c1-23-13-4-3-10(7-16-13)15(20)19-6-5-11(9-19)14-12(8-17-18-14)24(2,21)22/h3-4,7-8,11H,5-6,9H2,1-2H3,(H,17,18)/t11-/m0/s1. The fourth-order valence-electron chi connectivity index (χ4n) is 2.86. The molecule has 1 aliphatic rings. The van der Waals surface area contributed by atoms with E-state index in [1.54, 1.807) is 17.0 Å². The number of carbonyl (C=O) groups excluding carboxylic acids is 1. The van der Waals surface area contributed by atoms with E-state index in [1.165, 1.54) is 19.5 Å². The van der Waals surface area contributed by atoms with E-state index >= 15 is 0 Å². The van der Waals surface area contributed by atoms with Gasteiger partial charge in [-0.1, -0.05) is 0 Å². The predicted molar refractivity (Wildman–Crippen MR) is 85.7 cm³/mol. The van der Waals surface area contributed by atoms with Crippen molar-refractivity contribution in [3.8, 4) is 5.88 Å². The third-order valence-electron chi connectivity index (χ3n) is 4.11. The van der Waals surface area contributed by atoms with Gasteiger partial charge in [-0.25, -0.2) is 13.4 Å². The highest BCUT2D eigenvalue weighted by molar-refractivity contribution is 7.90. The first-order valence-corrected chi connectivity index (χ1v) is 9.32. The second-order valence-corrected chi connectivity index (χ2v) is 7.73. The number of nitrogens with zero attached hydrogens (tertiary/aromatic N) is 3. The maximum atomic E-state index is 12.5. The fraction of sp³-hybridized carbons (Fsp3) is 0.400. The zero-order chi connectivity index (χ0) is 17.3. The Kier molecular flexibility index (Phi) is 4.27. The zero-order valence-corrected chi connectivity index (χ0v) is 14.2. The first-order chi connectivity index (χ1) is 11.4. The maximum absolute atomic E-state index is 12.5. The van der Waals surface area contributed by atoms with Gasteiger partial charge in [-0.3, -0.25) is 9.89 Å². The first-order valence-electron chi connectivity index (χ1n) is 7.43. The summed E-state index contributed by atoms with van der Waals surface area (Å²) in [5.41, 5.74) is 1.05. The molecule has 0 aromatic carbocycles. The molecule has 8 nitrogen and oxygen atoms in total. The summed E-state index contributed by atoms with van der Waals surface area (Å²) in [5, 5.41) is 6.62. The van der Waals surface area contributed by atoms with Crippen LogP contribution in [0.25, 0.3) is 0 Å². The van der Waals surface area contributed by atoms with E-state index in [1.807, 2.05) is 0 Å². The van der Waals surface area contributed by atoms with Gasteiger partial charge in [-0.05, 0) is 12.5 Å². The largest absolute Gasteiger partial charge is 0.481 e. The number of nitrogens with one attached hydrogen (secondary N) is 1. The van der Waals surface area contributed by atoms with Crippen molar-refractivity contribution in [3.63, 3.8) is 0 Å². The molecule has 0 saturated carbocycles. The number of hydrogen-bond acceptors (Lipinski definition) is 6. The Hall–Kier alpha value is -2.42. The average molecular weight is 350 g/mol. The van der Waals surface area contributed by atoms with Gasteiger partial charge < -0.3 is 9.64 Å². The summed E-state index contributed by atoms with van der Waals surface area (Å²) in [6.45, 7) is 0.993. The smallest absolute Gasteiger partial charge is 0.255 e. The van der Waals surface area contributed by atoms with Gasteiger partial charge in [0.15, 0.2) is 9.84 Å². The lowest BCUT2D eigenvalue weighted by molar-refractivity contribution is 0.0790. The summed E-state index contributed by atoms with van der Waals surface area (Å²) < 4.78 is 28.6. The number of ether oxygens (including phenoxy) is 1. The predicted octanol–water partition coefficient (Wildman–Crippen LogP) is 0.846.